The standard InChI is InChI=1S/C37H50FNO6/c1-24(22-38)27-8-10-29(11-9-27)36(41)39-16-13-31(28-5-3-2-4-6-28)35(39)32(40)20-26-7-12-33-30(19-26)21-34(45-33)37(42)44-23-25-14-17-43-18-15-25/h7,12,19,21,24-25,27-29,31,35H,2-6,8-11,13-18,20,22-23H2,1H3/t24-,27?,29?,31+,35+/m1/s1. The van der Waals surface area contributed by atoms with Crippen molar-refractivity contribution >= 4 is 28.6 Å². The Balaban J connectivity index is 1.14. The van der Waals surface area contributed by atoms with Crippen LogP contribution in [0.5, 0.6) is 0 Å². The molecule has 45 heavy (non-hydrogen) atoms. The number of hydrogen-bond acceptors (Lipinski definition) is 6. The molecular weight excluding hydrogens is 573 g/mol. The fourth-order valence-corrected chi connectivity index (χ4v) is 8.61. The number of alkyl halides is 1. The summed E-state index contributed by atoms with van der Waals surface area (Å²) in [5.74, 6) is 1.26. The van der Waals surface area contributed by atoms with Gasteiger partial charge in [-0.15, -0.1) is 0 Å². The van der Waals surface area contributed by atoms with E-state index >= 15 is 0 Å². The highest BCUT2D eigenvalue weighted by Gasteiger charge is 2.46. The highest BCUT2D eigenvalue weighted by atomic mass is 19.1. The second-order valence-corrected chi connectivity index (χ2v) is 14.4. The minimum atomic E-state index is -0.473. The number of halogens is 1. The zero-order valence-corrected chi connectivity index (χ0v) is 26.9. The normalized spacial score (nSPS) is 27.5. The van der Waals surface area contributed by atoms with Crippen LogP contribution in [0.4, 0.5) is 4.39 Å². The lowest BCUT2D eigenvalue weighted by Gasteiger charge is -2.37. The van der Waals surface area contributed by atoms with Gasteiger partial charge in [0.1, 0.15) is 5.58 Å². The second kappa shape index (κ2) is 14.8. The van der Waals surface area contributed by atoms with E-state index in [0.29, 0.717) is 49.7 Å². The Morgan fingerprint density at radius 2 is 1.71 bits per heavy atom. The Bertz CT molecular complexity index is 1320. The molecule has 7 nitrogen and oxygen atoms in total. The molecule has 0 radical (unpaired) electrons. The topological polar surface area (TPSA) is 86.1 Å². The molecule has 0 spiro atoms. The number of Topliss-reactive ketones (excluding diaryl/α,β-unsaturated/α-hetero) is 1. The van der Waals surface area contributed by atoms with Crippen LogP contribution in [0, 0.1) is 35.5 Å². The van der Waals surface area contributed by atoms with Gasteiger partial charge in [-0.1, -0.05) is 45.1 Å². The average Bonchev–Trinajstić information content (AvgIpc) is 3.72. The van der Waals surface area contributed by atoms with Crippen LogP contribution in [-0.4, -0.2) is 61.6 Å². The minimum Gasteiger partial charge on any atom is -0.460 e. The summed E-state index contributed by atoms with van der Waals surface area (Å²) < 4.78 is 30.0. The number of amides is 1. The van der Waals surface area contributed by atoms with Gasteiger partial charge in [0.15, 0.2) is 5.78 Å². The lowest BCUT2D eigenvalue weighted by Crippen LogP contribution is -2.48. The predicted octanol–water partition coefficient (Wildman–Crippen LogP) is 7.34. The second-order valence-electron chi connectivity index (χ2n) is 14.4. The molecule has 1 aromatic carbocycles. The van der Waals surface area contributed by atoms with Gasteiger partial charge >= 0.3 is 5.97 Å². The van der Waals surface area contributed by atoms with Crippen LogP contribution in [0.1, 0.15) is 100 Å². The molecule has 8 heteroatoms. The Hall–Kier alpha value is -2.74. The monoisotopic (exact) mass is 623 g/mol. The summed E-state index contributed by atoms with van der Waals surface area (Å²) >= 11 is 0. The van der Waals surface area contributed by atoms with Crippen molar-refractivity contribution in [2.75, 3.05) is 33.0 Å². The van der Waals surface area contributed by atoms with E-state index in [4.69, 9.17) is 13.9 Å². The van der Waals surface area contributed by atoms with Gasteiger partial charge in [-0.05, 0) is 98.3 Å². The third-order valence-corrected chi connectivity index (χ3v) is 11.4. The molecule has 246 valence electrons. The van der Waals surface area contributed by atoms with Gasteiger partial charge in [0.25, 0.3) is 0 Å². The molecule has 0 bridgehead atoms. The van der Waals surface area contributed by atoms with Gasteiger partial charge < -0.3 is 18.8 Å². The van der Waals surface area contributed by atoms with Crippen molar-refractivity contribution < 1.29 is 32.7 Å². The summed E-state index contributed by atoms with van der Waals surface area (Å²) in [6.07, 6.45) is 12.2. The number of nitrogens with zero attached hydrogens (tertiary/aromatic N) is 1. The van der Waals surface area contributed by atoms with Gasteiger partial charge in [-0.3, -0.25) is 14.0 Å². The van der Waals surface area contributed by atoms with Crippen LogP contribution in [0.15, 0.2) is 28.7 Å². The highest BCUT2D eigenvalue weighted by molar-refractivity contribution is 5.94. The Morgan fingerprint density at radius 1 is 0.956 bits per heavy atom. The number of carbonyl (C=O) groups excluding carboxylic acids is 3. The predicted molar refractivity (Wildman–Crippen MR) is 170 cm³/mol. The molecular formula is C37H50FNO6. The number of rotatable bonds is 10. The maximum absolute atomic E-state index is 14.2. The SMILES string of the molecule is C[C@H](CF)C1CCC(C(=O)N2CC[C@@H](C3CCCCC3)[C@H]2C(=O)Cc2ccc3oc(C(=O)OCC4CCOCC4)cc3c2)CC1. The molecule has 6 rings (SSSR count). The Labute approximate surface area is 266 Å². The first-order valence-corrected chi connectivity index (χ1v) is 17.6. The Kier molecular flexibility index (Phi) is 10.6. The van der Waals surface area contributed by atoms with Crippen molar-refractivity contribution in [2.24, 2.45) is 35.5 Å². The van der Waals surface area contributed by atoms with Crippen molar-refractivity contribution in [1.29, 1.82) is 0 Å². The van der Waals surface area contributed by atoms with Crippen LogP contribution in [-0.2, 0) is 25.5 Å². The summed E-state index contributed by atoms with van der Waals surface area (Å²) in [5, 5.41) is 0.765. The first-order valence-electron chi connectivity index (χ1n) is 17.6. The summed E-state index contributed by atoms with van der Waals surface area (Å²) in [6, 6.07) is 6.95. The van der Waals surface area contributed by atoms with Crippen LogP contribution >= 0.6 is 0 Å². The fourth-order valence-electron chi connectivity index (χ4n) is 8.61. The fraction of sp³-hybridized carbons (Fsp3) is 0.703. The number of esters is 1. The number of hydrogen-bond donors (Lipinski definition) is 0. The van der Waals surface area contributed by atoms with Crippen LogP contribution in [0.3, 0.4) is 0 Å². The summed E-state index contributed by atoms with van der Waals surface area (Å²) in [4.78, 5) is 42.8. The minimum absolute atomic E-state index is 0.0456. The van der Waals surface area contributed by atoms with Gasteiger partial charge in [-0.25, -0.2) is 4.79 Å². The molecule has 2 aliphatic heterocycles. The van der Waals surface area contributed by atoms with E-state index in [2.05, 4.69) is 0 Å². The maximum Gasteiger partial charge on any atom is 0.374 e. The molecule has 0 N–H and O–H groups in total. The van der Waals surface area contributed by atoms with E-state index in [1.54, 1.807) is 6.07 Å². The van der Waals surface area contributed by atoms with E-state index < -0.39 is 5.97 Å². The number of ether oxygens (including phenoxy) is 2. The number of carbonyl (C=O) groups is 3. The molecule has 2 saturated carbocycles. The highest BCUT2D eigenvalue weighted by Crippen LogP contribution is 2.42. The lowest BCUT2D eigenvalue weighted by atomic mass is 9.74. The molecule has 4 fully saturated rings. The van der Waals surface area contributed by atoms with Gasteiger partial charge in [0, 0.05) is 37.5 Å². The average molecular weight is 624 g/mol. The van der Waals surface area contributed by atoms with E-state index in [1.165, 1.54) is 19.3 Å². The van der Waals surface area contributed by atoms with Crippen LogP contribution in [0.2, 0.25) is 0 Å². The zero-order chi connectivity index (χ0) is 31.3. The molecule has 2 saturated heterocycles. The quantitative estimate of drug-likeness (QED) is 0.258. The van der Waals surface area contributed by atoms with E-state index in [9.17, 15) is 18.8 Å². The van der Waals surface area contributed by atoms with E-state index in [-0.39, 0.29) is 54.3 Å². The van der Waals surface area contributed by atoms with Crippen molar-refractivity contribution in [3.8, 4) is 0 Å². The first-order chi connectivity index (χ1) is 21.9. The smallest absolute Gasteiger partial charge is 0.374 e. The molecule has 2 aromatic rings. The maximum atomic E-state index is 14.2. The van der Waals surface area contributed by atoms with Crippen molar-refractivity contribution in [3.63, 3.8) is 0 Å². The summed E-state index contributed by atoms with van der Waals surface area (Å²) in [6.45, 7) is 4.07. The third kappa shape index (κ3) is 7.47. The first kappa shape index (κ1) is 32.2. The summed E-state index contributed by atoms with van der Waals surface area (Å²) in [5.41, 5.74) is 1.44. The summed E-state index contributed by atoms with van der Waals surface area (Å²) in [7, 11) is 0. The molecule has 3 heterocycles. The van der Waals surface area contributed by atoms with E-state index in [1.807, 2.05) is 30.0 Å². The van der Waals surface area contributed by atoms with Gasteiger partial charge in [-0.2, -0.15) is 0 Å². The van der Waals surface area contributed by atoms with Crippen molar-refractivity contribution in [3.05, 3.63) is 35.6 Å². The Morgan fingerprint density at radius 3 is 2.44 bits per heavy atom. The number of fused-ring (bicyclic) bond motifs is 1. The molecule has 1 aromatic heterocycles. The zero-order valence-electron chi connectivity index (χ0n) is 26.9. The molecule has 2 aliphatic carbocycles. The van der Waals surface area contributed by atoms with Crippen LogP contribution in [0.25, 0.3) is 11.0 Å². The third-order valence-electron chi connectivity index (χ3n) is 11.4. The molecule has 1 amide bonds. The number of ketones is 1. The van der Waals surface area contributed by atoms with Crippen molar-refractivity contribution in [1.82, 2.24) is 4.90 Å². The van der Waals surface area contributed by atoms with E-state index in [0.717, 1.165) is 68.7 Å². The number of furan rings is 1. The van der Waals surface area contributed by atoms with Gasteiger partial charge in [0.2, 0.25) is 11.7 Å². The molecule has 4 aliphatic rings. The molecule has 3 atom stereocenters. The lowest BCUT2D eigenvalue weighted by molar-refractivity contribution is -0.143. The number of likely N-dealkylation sites (tertiary alicyclic amines) is 1. The van der Waals surface area contributed by atoms with Gasteiger partial charge in [0.05, 0.1) is 19.3 Å². The molecule has 0 unspecified atom stereocenters. The van der Waals surface area contributed by atoms with Crippen molar-refractivity contribution in [2.45, 2.75) is 96.4 Å². The number of benzene rings is 1. The van der Waals surface area contributed by atoms with Crippen LogP contribution < -0.4 is 0 Å². The largest absolute Gasteiger partial charge is 0.460 e.